The van der Waals surface area contributed by atoms with Gasteiger partial charge in [0.15, 0.2) is 11.4 Å². The van der Waals surface area contributed by atoms with Crippen molar-refractivity contribution in [2.75, 3.05) is 25.1 Å². The van der Waals surface area contributed by atoms with Crippen molar-refractivity contribution >= 4 is 29.3 Å². The van der Waals surface area contributed by atoms with Crippen LogP contribution in [0.5, 0.6) is 11.5 Å². The van der Waals surface area contributed by atoms with E-state index < -0.39 is 46.8 Å². The third kappa shape index (κ3) is 7.52. The first-order valence-electron chi connectivity index (χ1n) is 9.70. The molecule has 1 amide bonds. The van der Waals surface area contributed by atoms with Gasteiger partial charge in [0.05, 0.1) is 11.2 Å². The van der Waals surface area contributed by atoms with Crippen LogP contribution in [0.4, 0.5) is 42.8 Å². The third-order valence-electron chi connectivity index (χ3n) is 4.52. The minimum absolute atomic E-state index is 0.0180. The monoisotopic (exact) mass is 514 g/mol. The Morgan fingerprint density at radius 2 is 1.85 bits per heavy atom. The highest BCUT2D eigenvalue weighted by atomic mass is 35.5. The zero-order valence-electron chi connectivity index (χ0n) is 17.1. The molecule has 2 aromatic rings. The van der Waals surface area contributed by atoms with Gasteiger partial charge in [0.2, 0.25) is 5.95 Å². The van der Waals surface area contributed by atoms with Gasteiger partial charge < -0.3 is 24.8 Å². The van der Waals surface area contributed by atoms with Gasteiger partial charge in [-0.15, -0.1) is 13.2 Å². The highest BCUT2D eigenvalue weighted by Gasteiger charge is 2.38. The Kier molecular flexibility index (Phi) is 7.92. The number of nitrogens with one attached hydrogen (secondary N) is 2. The topological polar surface area (TPSA) is 94.6 Å². The lowest BCUT2D eigenvalue weighted by atomic mass is 10.0. The first kappa shape index (κ1) is 25.6. The Hall–Kier alpha value is -3.00. The van der Waals surface area contributed by atoms with E-state index in [1.54, 1.807) is 0 Å². The third-order valence-corrected chi connectivity index (χ3v) is 4.81. The highest BCUT2D eigenvalue weighted by Crippen LogP contribution is 2.36. The molecule has 0 spiro atoms. The molecule has 0 aliphatic carbocycles. The van der Waals surface area contributed by atoms with Gasteiger partial charge in [-0.2, -0.15) is 13.2 Å². The molecule has 186 valence electrons. The average molecular weight is 515 g/mol. The van der Waals surface area contributed by atoms with Crippen molar-refractivity contribution in [3.8, 4) is 11.5 Å². The van der Waals surface area contributed by atoms with E-state index in [0.29, 0.717) is 32.3 Å². The lowest BCUT2D eigenvalue weighted by Gasteiger charge is -2.22. The number of ether oxygens (including phenoxy) is 3. The second-order valence-corrected chi connectivity index (χ2v) is 7.46. The molecule has 0 unspecified atom stereocenters. The number of rotatable bonds is 6. The van der Waals surface area contributed by atoms with Crippen LogP contribution in [0.1, 0.15) is 18.5 Å². The van der Waals surface area contributed by atoms with E-state index in [0.717, 1.165) is 18.2 Å². The van der Waals surface area contributed by atoms with Gasteiger partial charge in [0.25, 0.3) is 0 Å². The Morgan fingerprint density at radius 1 is 1.15 bits per heavy atom. The second-order valence-electron chi connectivity index (χ2n) is 7.05. The molecule has 0 saturated carbocycles. The Morgan fingerprint density at radius 3 is 2.47 bits per heavy atom. The fourth-order valence-electron chi connectivity index (χ4n) is 2.94. The summed E-state index contributed by atoms with van der Waals surface area (Å²) in [5.41, 5.74) is -1.55. The summed E-state index contributed by atoms with van der Waals surface area (Å²) >= 11 is 5.72. The molecule has 0 atom stereocenters. The minimum atomic E-state index is -5.00. The molecule has 8 nitrogen and oxygen atoms in total. The SMILES string of the molecule is O=C(NCC1CCOCC1)Oc1cnc(Nc2ccc(OC(F)(F)F)c(Cl)c2)nc1C(F)(F)F. The summed E-state index contributed by atoms with van der Waals surface area (Å²) < 4.78 is 91.1. The molecule has 1 aliphatic rings. The molecule has 15 heteroatoms. The van der Waals surface area contributed by atoms with E-state index >= 15 is 0 Å². The number of anilines is 2. The molecule has 1 aromatic carbocycles. The summed E-state index contributed by atoms with van der Waals surface area (Å²) in [4.78, 5) is 19.0. The second kappa shape index (κ2) is 10.5. The summed E-state index contributed by atoms with van der Waals surface area (Å²) in [6.07, 6.45) is -9.04. The van der Waals surface area contributed by atoms with Crippen LogP contribution in [-0.2, 0) is 10.9 Å². The molecule has 34 heavy (non-hydrogen) atoms. The number of hydrogen-bond donors (Lipinski definition) is 2. The fourth-order valence-corrected chi connectivity index (χ4v) is 3.16. The molecule has 0 radical (unpaired) electrons. The fraction of sp³-hybridized carbons (Fsp3) is 0.421. The average Bonchev–Trinajstić information content (AvgIpc) is 2.74. The molecule has 1 fully saturated rings. The van der Waals surface area contributed by atoms with Gasteiger partial charge in [-0.25, -0.2) is 14.8 Å². The van der Waals surface area contributed by atoms with E-state index in [9.17, 15) is 31.1 Å². The molecule has 1 saturated heterocycles. The van der Waals surface area contributed by atoms with Crippen molar-refractivity contribution in [3.63, 3.8) is 0 Å². The number of benzene rings is 1. The zero-order chi connectivity index (χ0) is 24.9. The maximum absolute atomic E-state index is 13.5. The van der Waals surface area contributed by atoms with Crippen LogP contribution in [0.3, 0.4) is 0 Å². The maximum atomic E-state index is 13.5. The molecule has 1 aromatic heterocycles. The molecule has 3 rings (SSSR count). The number of carbonyl (C=O) groups is 1. The molecule has 1 aliphatic heterocycles. The molecular formula is C19H17ClF6N4O4. The van der Waals surface area contributed by atoms with Crippen LogP contribution in [0.15, 0.2) is 24.4 Å². The number of amides is 1. The van der Waals surface area contributed by atoms with Crippen molar-refractivity contribution < 1.29 is 45.3 Å². The van der Waals surface area contributed by atoms with E-state index in [4.69, 9.17) is 21.1 Å². The highest BCUT2D eigenvalue weighted by molar-refractivity contribution is 6.32. The van der Waals surface area contributed by atoms with Gasteiger partial charge in [-0.3, -0.25) is 0 Å². The van der Waals surface area contributed by atoms with Crippen molar-refractivity contribution in [1.29, 1.82) is 0 Å². The summed E-state index contributed by atoms with van der Waals surface area (Å²) in [5.74, 6) is -2.07. The number of alkyl halides is 6. The van der Waals surface area contributed by atoms with Crippen LogP contribution in [0.25, 0.3) is 0 Å². The van der Waals surface area contributed by atoms with Crippen molar-refractivity contribution in [2.24, 2.45) is 5.92 Å². The van der Waals surface area contributed by atoms with Gasteiger partial charge in [0, 0.05) is 25.4 Å². The molecule has 2 heterocycles. The molecular weight excluding hydrogens is 498 g/mol. The Balaban J connectivity index is 1.70. The number of hydrogen-bond acceptors (Lipinski definition) is 7. The lowest BCUT2D eigenvalue weighted by molar-refractivity contribution is -0.274. The van der Waals surface area contributed by atoms with Crippen LogP contribution < -0.4 is 20.1 Å². The summed E-state index contributed by atoms with van der Waals surface area (Å²) in [5, 5.41) is 4.33. The van der Waals surface area contributed by atoms with Gasteiger partial charge in [0.1, 0.15) is 5.75 Å². The Labute approximate surface area is 193 Å². The molecule has 2 N–H and O–H groups in total. The van der Waals surface area contributed by atoms with Crippen LogP contribution in [-0.4, -0.2) is 42.2 Å². The van der Waals surface area contributed by atoms with Crippen molar-refractivity contribution in [1.82, 2.24) is 15.3 Å². The van der Waals surface area contributed by atoms with Crippen LogP contribution >= 0.6 is 11.6 Å². The smallest absolute Gasteiger partial charge is 0.406 e. The zero-order valence-corrected chi connectivity index (χ0v) is 17.9. The van der Waals surface area contributed by atoms with E-state index in [-0.39, 0.29) is 18.2 Å². The summed E-state index contributed by atoms with van der Waals surface area (Å²) in [6, 6.07) is 2.91. The summed E-state index contributed by atoms with van der Waals surface area (Å²) in [6.45, 7) is 1.27. The van der Waals surface area contributed by atoms with Gasteiger partial charge in [-0.05, 0) is 37.0 Å². The standard InChI is InChI=1S/C19H17ClF6N4O4/c20-12-7-11(1-2-13(12)34-19(24,25)26)29-16-27-9-14(15(30-16)18(21,22)23)33-17(31)28-8-10-3-5-32-6-4-10/h1-2,7,9-10H,3-6,8H2,(H,28,31)(H,27,29,30). The maximum Gasteiger partial charge on any atom is 0.573 e. The van der Waals surface area contributed by atoms with Crippen molar-refractivity contribution in [2.45, 2.75) is 25.4 Å². The van der Waals surface area contributed by atoms with Crippen LogP contribution in [0, 0.1) is 5.92 Å². The largest absolute Gasteiger partial charge is 0.573 e. The first-order valence-corrected chi connectivity index (χ1v) is 10.1. The van der Waals surface area contributed by atoms with E-state index in [2.05, 4.69) is 25.3 Å². The normalized spacial score (nSPS) is 15.0. The molecule has 0 bridgehead atoms. The Bertz CT molecular complexity index is 1020. The predicted molar refractivity (Wildman–Crippen MR) is 106 cm³/mol. The summed E-state index contributed by atoms with van der Waals surface area (Å²) in [7, 11) is 0. The van der Waals surface area contributed by atoms with Gasteiger partial charge in [-0.1, -0.05) is 11.6 Å². The van der Waals surface area contributed by atoms with Crippen LogP contribution in [0.2, 0.25) is 5.02 Å². The number of carbonyl (C=O) groups excluding carboxylic acids is 1. The number of halogens is 7. The number of nitrogens with zero attached hydrogens (tertiary/aromatic N) is 2. The quantitative estimate of drug-likeness (QED) is 0.505. The predicted octanol–water partition coefficient (Wildman–Crippen LogP) is 5.31. The van der Waals surface area contributed by atoms with Crippen molar-refractivity contribution in [3.05, 3.63) is 35.1 Å². The van der Waals surface area contributed by atoms with Gasteiger partial charge >= 0.3 is 18.6 Å². The lowest BCUT2D eigenvalue weighted by Crippen LogP contribution is -2.34. The van der Waals surface area contributed by atoms with E-state index in [1.165, 1.54) is 0 Å². The number of aromatic nitrogens is 2. The van der Waals surface area contributed by atoms with E-state index in [1.807, 2.05) is 0 Å². The minimum Gasteiger partial charge on any atom is -0.406 e. The first-order chi connectivity index (χ1) is 15.9.